The molecule has 0 bridgehead atoms. The van der Waals surface area contributed by atoms with Gasteiger partial charge < -0.3 is 9.84 Å². The van der Waals surface area contributed by atoms with Crippen molar-refractivity contribution in [1.82, 2.24) is 19.4 Å². The van der Waals surface area contributed by atoms with Crippen LogP contribution in [0.25, 0.3) is 33.7 Å². The number of rotatable bonds is 6. The topological polar surface area (TPSA) is 81.6 Å². The monoisotopic (exact) mass is 438 g/mol. The highest BCUT2D eigenvalue weighted by Crippen LogP contribution is 2.35. The van der Waals surface area contributed by atoms with Crippen molar-refractivity contribution in [3.63, 3.8) is 0 Å². The van der Waals surface area contributed by atoms with Crippen molar-refractivity contribution in [2.24, 2.45) is 0 Å². The summed E-state index contributed by atoms with van der Waals surface area (Å²) in [5, 5.41) is 19.6. The molecule has 0 atom stereocenters. The van der Waals surface area contributed by atoms with Crippen molar-refractivity contribution in [2.75, 3.05) is 6.61 Å². The van der Waals surface area contributed by atoms with Crippen molar-refractivity contribution in [2.45, 2.75) is 13.5 Å². The van der Waals surface area contributed by atoms with Crippen LogP contribution in [0, 0.1) is 0 Å². The van der Waals surface area contributed by atoms with Gasteiger partial charge in [0.1, 0.15) is 5.69 Å². The minimum Gasteiger partial charge on any atom is -0.462 e. The van der Waals surface area contributed by atoms with Crippen LogP contribution >= 0.6 is 0 Å². The predicted molar refractivity (Wildman–Crippen MR) is 125 cm³/mol. The molecule has 0 radical (unpaired) electrons. The van der Waals surface area contributed by atoms with Crippen LogP contribution in [-0.2, 0) is 11.3 Å². The van der Waals surface area contributed by atoms with E-state index in [1.807, 2.05) is 66.7 Å². The van der Waals surface area contributed by atoms with Crippen molar-refractivity contribution in [3.8, 4) is 28.2 Å². The molecule has 0 unspecified atom stereocenters. The van der Waals surface area contributed by atoms with E-state index in [-0.39, 0.29) is 12.6 Å². The summed E-state index contributed by atoms with van der Waals surface area (Å²) in [7, 11) is 0. The number of ether oxygens (including phenoxy) is 1. The highest BCUT2D eigenvalue weighted by Gasteiger charge is 2.22. The summed E-state index contributed by atoms with van der Waals surface area (Å²) in [6.07, 6.45) is 1.75. The van der Waals surface area contributed by atoms with Crippen molar-refractivity contribution >= 4 is 11.5 Å². The van der Waals surface area contributed by atoms with E-state index >= 15 is 0 Å². The number of aliphatic hydroxyl groups is 1. The third-order valence-electron chi connectivity index (χ3n) is 5.40. The average Bonchev–Trinajstić information content (AvgIpc) is 3.46. The molecule has 0 spiro atoms. The lowest BCUT2D eigenvalue weighted by molar-refractivity contribution is 0.0526. The first-order chi connectivity index (χ1) is 16.2. The number of nitrogens with zero attached hydrogens (tertiary/aromatic N) is 4. The zero-order chi connectivity index (χ0) is 22.8. The van der Waals surface area contributed by atoms with Gasteiger partial charge in [0.2, 0.25) is 0 Å². The largest absolute Gasteiger partial charge is 0.462 e. The number of fused-ring (bicyclic) bond motifs is 1. The lowest BCUT2D eigenvalue weighted by atomic mass is 10.0. The van der Waals surface area contributed by atoms with E-state index in [4.69, 9.17) is 14.9 Å². The number of hydrogen-bond acceptors (Lipinski definition) is 5. The quantitative estimate of drug-likeness (QED) is 0.394. The molecule has 164 valence electrons. The molecule has 7 nitrogen and oxygen atoms in total. The smallest absolute Gasteiger partial charge is 0.338 e. The summed E-state index contributed by atoms with van der Waals surface area (Å²) in [6, 6.07) is 24.8. The van der Waals surface area contributed by atoms with Crippen LogP contribution in [0.4, 0.5) is 0 Å². The van der Waals surface area contributed by atoms with Crippen LogP contribution in [0.2, 0.25) is 0 Å². The molecule has 3 aromatic heterocycles. The number of carbonyl (C=O) groups excluding carboxylic acids is 1. The number of benzene rings is 2. The normalized spacial score (nSPS) is 11.1. The Bertz CT molecular complexity index is 1420. The van der Waals surface area contributed by atoms with E-state index in [9.17, 15) is 9.90 Å². The van der Waals surface area contributed by atoms with Crippen LogP contribution in [0.5, 0.6) is 0 Å². The molecule has 5 aromatic rings. The Morgan fingerprint density at radius 1 is 0.970 bits per heavy atom. The number of carbonyl (C=O) groups is 1. The van der Waals surface area contributed by atoms with Gasteiger partial charge in [-0.15, -0.1) is 0 Å². The molecule has 0 saturated heterocycles. The van der Waals surface area contributed by atoms with Crippen molar-refractivity contribution in [3.05, 3.63) is 96.3 Å². The van der Waals surface area contributed by atoms with Gasteiger partial charge in [0.15, 0.2) is 0 Å². The SMILES string of the molecule is CCOC(=O)c1ccn2nc(-c3ccccc3)c(-c3cc(CO)n(-c4ccccc4)n3)c2c1. The maximum atomic E-state index is 12.4. The fraction of sp³-hybridized carbons (Fsp3) is 0.115. The van der Waals surface area contributed by atoms with E-state index in [2.05, 4.69) is 0 Å². The lowest BCUT2D eigenvalue weighted by Crippen LogP contribution is -2.05. The van der Waals surface area contributed by atoms with Gasteiger partial charge in [0, 0.05) is 11.8 Å². The Hall–Kier alpha value is -4.23. The second-order valence-electron chi connectivity index (χ2n) is 7.48. The van der Waals surface area contributed by atoms with Gasteiger partial charge in [0.05, 0.1) is 46.9 Å². The Kier molecular flexibility index (Phi) is 5.46. The van der Waals surface area contributed by atoms with Crippen LogP contribution in [-0.4, -0.2) is 37.1 Å². The second-order valence-corrected chi connectivity index (χ2v) is 7.48. The second kappa shape index (κ2) is 8.72. The average molecular weight is 438 g/mol. The summed E-state index contributed by atoms with van der Waals surface area (Å²) in [5.41, 5.74) is 5.74. The molecule has 3 heterocycles. The molecule has 5 rings (SSSR count). The van der Waals surface area contributed by atoms with E-state index in [1.165, 1.54) is 0 Å². The molecule has 0 fully saturated rings. The molecule has 7 heteroatoms. The zero-order valence-electron chi connectivity index (χ0n) is 18.0. The van der Waals surface area contributed by atoms with Crippen LogP contribution in [0.3, 0.4) is 0 Å². The Morgan fingerprint density at radius 2 is 1.70 bits per heavy atom. The van der Waals surface area contributed by atoms with Gasteiger partial charge in [0.25, 0.3) is 0 Å². The number of esters is 1. The highest BCUT2D eigenvalue weighted by atomic mass is 16.5. The fourth-order valence-corrected chi connectivity index (χ4v) is 3.89. The third kappa shape index (κ3) is 3.79. The molecule has 33 heavy (non-hydrogen) atoms. The minimum atomic E-state index is -0.390. The van der Waals surface area contributed by atoms with Gasteiger partial charge in [-0.3, -0.25) is 0 Å². The summed E-state index contributed by atoms with van der Waals surface area (Å²) in [4.78, 5) is 12.4. The number of aliphatic hydroxyl groups excluding tert-OH is 1. The van der Waals surface area contributed by atoms with Crippen LogP contribution < -0.4 is 0 Å². The number of pyridine rings is 1. The van der Waals surface area contributed by atoms with E-state index in [0.29, 0.717) is 23.6 Å². The van der Waals surface area contributed by atoms with Crippen molar-refractivity contribution in [1.29, 1.82) is 0 Å². The Labute approximate surface area is 190 Å². The predicted octanol–water partition coefficient (Wildman–Crippen LogP) is 4.52. The summed E-state index contributed by atoms with van der Waals surface area (Å²) in [6.45, 7) is 1.91. The fourth-order valence-electron chi connectivity index (χ4n) is 3.89. The molecule has 0 amide bonds. The Balaban J connectivity index is 1.76. The van der Waals surface area contributed by atoms with Crippen LogP contribution in [0.15, 0.2) is 85.1 Å². The lowest BCUT2D eigenvalue weighted by Gasteiger charge is -2.05. The zero-order valence-corrected chi connectivity index (χ0v) is 18.0. The van der Waals surface area contributed by atoms with E-state index in [0.717, 1.165) is 28.0 Å². The molecule has 1 N–H and O–H groups in total. The highest BCUT2D eigenvalue weighted by molar-refractivity contribution is 5.96. The first-order valence-corrected chi connectivity index (χ1v) is 10.7. The summed E-state index contributed by atoms with van der Waals surface area (Å²) < 4.78 is 8.65. The number of para-hydroxylation sites is 1. The van der Waals surface area contributed by atoms with Crippen molar-refractivity contribution < 1.29 is 14.6 Å². The third-order valence-corrected chi connectivity index (χ3v) is 5.40. The summed E-state index contributed by atoms with van der Waals surface area (Å²) >= 11 is 0. The maximum Gasteiger partial charge on any atom is 0.338 e. The molecule has 0 aliphatic rings. The van der Waals surface area contributed by atoms with Gasteiger partial charge in [-0.2, -0.15) is 10.2 Å². The molecule has 2 aromatic carbocycles. The van der Waals surface area contributed by atoms with E-state index in [1.54, 1.807) is 34.5 Å². The molecular formula is C26H22N4O3. The van der Waals surface area contributed by atoms with E-state index < -0.39 is 0 Å². The number of aromatic nitrogens is 4. The first-order valence-electron chi connectivity index (χ1n) is 10.7. The van der Waals surface area contributed by atoms with Gasteiger partial charge in [-0.25, -0.2) is 14.0 Å². The maximum absolute atomic E-state index is 12.4. The Morgan fingerprint density at radius 3 is 2.39 bits per heavy atom. The standard InChI is InChI=1S/C26H22N4O3/c1-2-33-26(32)19-13-14-29-23(15-19)24(25(28-29)18-9-5-3-6-10-18)22-16-21(17-31)30(27-22)20-11-7-4-8-12-20/h3-16,31H,2,17H2,1H3. The minimum absolute atomic E-state index is 0.171. The number of hydrogen-bond donors (Lipinski definition) is 1. The summed E-state index contributed by atoms with van der Waals surface area (Å²) in [5.74, 6) is -0.390. The molecule has 0 aliphatic heterocycles. The van der Waals surface area contributed by atoms with Gasteiger partial charge in [-0.1, -0.05) is 48.5 Å². The first kappa shape index (κ1) is 20.7. The van der Waals surface area contributed by atoms with Crippen LogP contribution in [0.1, 0.15) is 23.0 Å². The molecular weight excluding hydrogens is 416 g/mol. The van der Waals surface area contributed by atoms with Gasteiger partial charge >= 0.3 is 5.97 Å². The van der Waals surface area contributed by atoms with Gasteiger partial charge in [-0.05, 0) is 37.3 Å². The molecule has 0 aliphatic carbocycles. The molecule has 0 saturated carbocycles.